The van der Waals surface area contributed by atoms with Gasteiger partial charge in [-0.15, -0.1) is 10.2 Å². The first-order valence-corrected chi connectivity index (χ1v) is 7.68. The van der Waals surface area contributed by atoms with Gasteiger partial charge in [0.05, 0.1) is 7.11 Å². The molecule has 0 N–H and O–H groups in total. The van der Waals surface area contributed by atoms with Crippen molar-refractivity contribution in [3.63, 3.8) is 0 Å². The number of ether oxygens (including phenoxy) is 1. The normalized spacial score (nSPS) is 15.7. The largest absolute Gasteiger partial charge is 0.468 e. The Morgan fingerprint density at radius 1 is 1.38 bits per heavy atom. The average Bonchev–Trinajstić information content (AvgIpc) is 3.28. The quantitative estimate of drug-likeness (QED) is 0.624. The number of esters is 1. The maximum atomic E-state index is 11.6. The van der Waals surface area contributed by atoms with Crippen LogP contribution in [-0.2, 0) is 9.53 Å². The van der Waals surface area contributed by atoms with E-state index in [0.29, 0.717) is 6.04 Å². The zero-order valence-corrected chi connectivity index (χ0v) is 12.7. The molecule has 0 aliphatic heterocycles. The van der Waals surface area contributed by atoms with E-state index < -0.39 is 0 Å². The Morgan fingerprint density at radius 2 is 2.10 bits per heavy atom. The van der Waals surface area contributed by atoms with E-state index in [0.717, 1.165) is 29.4 Å². The fourth-order valence-corrected chi connectivity index (χ4v) is 3.04. The van der Waals surface area contributed by atoms with Crippen LogP contribution < -0.4 is 0 Å². The number of rotatable bonds is 5. The fraction of sp³-hybridized carbons (Fsp3) is 0.429. The third-order valence-electron chi connectivity index (χ3n) is 3.33. The van der Waals surface area contributed by atoms with Gasteiger partial charge in [0.15, 0.2) is 11.0 Å². The maximum Gasteiger partial charge on any atom is 0.318 e. The number of thioether (sulfide) groups is 1. The van der Waals surface area contributed by atoms with E-state index in [9.17, 15) is 4.79 Å². The summed E-state index contributed by atoms with van der Waals surface area (Å²) in [6.07, 6.45) is 5.73. The molecule has 110 valence electrons. The molecule has 21 heavy (non-hydrogen) atoms. The predicted molar refractivity (Wildman–Crippen MR) is 78.9 cm³/mol. The maximum absolute atomic E-state index is 11.6. The van der Waals surface area contributed by atoms with Gasteiger partial charge >= 0.3 is 5.97 Å². The molecule has 0 spiro atoms. The van der Waals surface area contributed by atoms with Gasteiger partial charge in [0.1, 0.15) is 5.25 Å². The van der Waals surface area contributed by atoms with Crippen molar-refractivity contribution in [1.29, 1.82) is 0 Å². The molecule has 2 heterocycles. The Balaban J connectivity index is 1.92. The second-order valence-corrected chi connectivity index (χ2v) is 6.23. The summed E-state index contributed by atoms with van der Waals surface area (Å²) in [5, 5.41) is 9.02. The highest BCUT2D eigenvalue weighted by molar-refractivity contribution is 8.00. The molecular formula is C14H16N4O2S. The summed E-state index contributed by atoms with van der Waals surface area (Å²) < 4.78 is 6.89. The monoisotopic (exact) mass is 304 g/mol. The first-order chi connectivity index (χ1) is 10.2. The van der Waals surface area contributed by atoms with E-state index in [4.69, 9.17) is 4.74 Å². The van der Waals surface area contributed by atoms with E-state index in [-0.39, 0.29) is 11.2 Å². The summed E-state index contributed by atoms with van der Waals surface area (Å²) in [6.45, 7) is 1.81. The Bertz CT molecular complexity index is 640. The van der Waals surface area contributed by atoms with Crippen molar-refractivity contribution in [3.8, 4) is 11.4 Å². The molecule has 2 aromatic rings. The number of carbonyl (C=O) groups excluding carboxylic acids is 1. The van der Waals surface area contributed by atoms with Gasteiger partial charge in [0.25, 0.3) is 0 Å². The molecule has 1 fully saturated rings. The van der Waals surface area contributed by atoms with Crippen LogP contribution in [0.5, 0.6) is 0 Å². The van der Waals surface area contributed by atoms with E-state index in [1.54, 1.807) is 12.4 Å². The highest BCUT2D eigenvalue weighted by Crippen LogP contribution is 2.41. The number of carbonyl (C=O) groups is 1. The van der Waals surface area contributed by atoms with Crippen molar-refractivity contribution in [2.45, 2.75) is 36.2 Å². The second kappa shape index (κ2) is 5.85. The summed E-state index contributed by atoms with van der Waals surface area (Å²) in [5.74, 6) is 0.579. The molecular weight excluding hydrogens is 288 g/mol. The second-order valence-electron chi connectivity index (χ2n) is 4.93. The lowest BCUT2D eigenvalue weighted by atomic mass is 10.2. The van der Waals surface area contributed by atoms with Crippen LogP contribution in [0.1, 0.15) is 25.8 Å². The SMILES string of the molecule is COC(=O)[C@H](C)Sc1nnc(-c2ccncc2)n1C1CC1. The molecule has 1 aliphatic carbocycles. The van der Waals surface area contributed by atoms with Gasteiger partial charge in [0, 0.05) is 24.0 Å². The van der Waals surface area contributed by atoms with Gasteiger partial charge in [0.2, 0.25) is 0 Å². The molecule has 0 amide bonds. The summed E-state index contributed by atoms with van der Waals surface area (Å²) in [7, 11) is 1.40. The lowest BCUT2D eigenvalue weighted by Crippen LogP contribution is -2.15. The summed E-state index contributed by atoms with van der Waals surface area (Å²) >= 11 is 1.39. The number of hydrogen-bond acceptors (Lipinski definition) is 6. The number of pyridine rings is 1. The Morgan fingerprint density at radius 3 is 2.71 bits per heavy atom. The molecule has 0 aromatic carbocycles. The zero-order valence-electron chi connectivity index (χ0n) is 11.9. The van der Waals surface area contributed by atoms with E-state index in [2.05, 4.69) is 19.7 Å². The number of nitrogens with zero attached hydrogens (tertiary/aromatic N) is 4. The van der Waals surface area contributed by atoms with Gasteiger partial charge < -0.3 is 4.74 Å². The molecule has 1 atom stereocenters. The van der Waals surface area contributed by atoms with Crippen molar-refractivity contribution in [1.82, 2.24) is 19.7 Å². The zero-order chi connectivity index (χ0) is 14.8. The van der Waals surface area contributed by atoms with Crippen molar-refractivity contribution >= 4 is 17.7 Å². The number of aromatic nitrogens is 4. The van der Waals surface area contributed by atoms with Crippen molar-refractivity contribution in [3.05, 3.63) is 24.5 Å². The number of methoxy groups -OCH3 is 1. The van der Waals surface area contributed by atoms with Crippen LogP contribution in [0.4, 0.5) is 0 Å². The van der Waals surface area contributed by atoms with Gasteiger partial charge in [-0.1, -0.05) is 11.8 Å². The van der Waals surface area contributed by atoms with Crippen LogP contribution in [0.25, 0.3) is 11.4 Å². The van der Waals surface area contributed by atoms with Crippen molar-refractivity contribution in [2.24, 2.45) is 0 Å². The summed E-state index contributed by atoms with van der Waals surface area (Å²) in [4.78, 5) is 15.6. The Labute approximate surface area is 126 Å². The lowest BCUT2D eigenvalue weighted by molar-refractivity contribution is -0.139. The molecule has 1 aliphatic rings. The minimum Gasteiger partial charge on any atom is -0.468 e. The van der Waals surface area contributed by atoms with Gasteiger partial charge in [-0.05, 0) is 31.9 Å². The van der Waals surface area contributed by atoms with Gasteiger partial charge in [-0.3, -0.25) is 14.3 Å². The molecule has 3 rings (SSSR count). The molecule has 2 aromatic heterocycles. The van der Waals surface area contributed by atoms with E-state index >= 15 is 0 Å². The highest BCUT2D eigenvalue weighted by atomic mass is 32.2. The molecule has 0 radical (unpaired) electrons. The average molecular weight is 304 g/mol. The molecule has 7 heteroatoms. The Hall–Kier alpha value is -1.89. The smallest absolute Gasteiger partial charge is 0.318 e. The van der Waals surface area contributed by atoms with Crippen molar-refractivity contribution in [2.75, 3.05) is 7.11 Å². The topological polar surface area (TPSA) is 69.9 Å². The Kier molecular flexibility index (Phi) is 3.92. The minimum absolute atomic E-state index is 0.254. The van der Waals surface area contributed by atoms with E-state index in [1.165, 1.54) is 18.9 Å². The van der Waals surface area contributed by atoms with Gasteiger partial charge in [-0.25, -0.2) is 0 Å². The van der Waals surface area contributed by atoms with Crippen LogP contribution in [0.2, 0.25) is 0 Å². The third-order valence-corrected chi connectivity index (χ3v) is 4.37. The van der Waals surface area contributed by atoms with Gasteiger partial charge in [-0.2, -0.15) is 0 Å². The fourth-order valence-electron chi connectivity index (χ4n) is 2.09. The van der Waals surface area contributed by atoms with Crippen molar-refractivity contribution < 1.29 is 9.53 Å². The van der Waals surface area contributed by atoms with Crippen LogP contribution in [0.3, 0.4) is 0 Å². The molecule has 0 saturated heterocycles. The molecule has 0 bridgehead atoms. The predicted octanol–water partition coefficient (Wildman–Crippen LogP) is 2.33. The molecule has 0 unspecified atom stereocenters. The number of hydrogen-bond donors (Lipinski definition) is 0. The lowest BCUT2D eigenvalue weighted by Gasteiger charge is -2.11. The summed E-state index contributed by atoms with van der Waals surface area (Å²) in [5.41, 5.74) is 0.988. The molecule has 1 saturated carbocycles. The van der Waals surface area contributed by atoms with E-state index in [1.807, 2.05) is 19.1 Å². The van der Waals surface area contributed by atoms with Crippen LogP contribution >= 0.6 is 11.8 Å². The van der Waals surface area contributed by atoms with Crippen LogP contribution in [0, 0.1) is 0 Å². The van der Waals surface area contributed by atoms with Crippen LogP contribution in [-0.4, -0.2) is 38.1 Å². The molecule has 6 nitrogen and oxygen atoms in total. The minimum atomic E-state index is -0.304. The third kappa shape index (κ3) is 2.92. The first kappa shape index (κ1) is 14.1. The summed E-state index contributed by atoms with van der Waals surface area (Å²) in [6, 6.07) is 4.26. The van der Waals surface area contributed by atoms with Crippen LogP contribution in [0.15, 0.2) is 29.7 Å². The standard InChI is InChI=1S/C14H16N4O2S/c1-9(13(19)20-2)21-14-17-16-12(18(14)11-3-4-11)10-5-7-15-8-6-10/h5-9,11H,3-4H2,1-2H3/t9-/m0/s1. The highest BCUT2D eigenvalue weighted by Gasteiger charge is 2.31. The first-order valence-electron chi connectivity index (χ1n) is 6.80.